The zero-order valence-corrected chi connectivity index (χ0v) is 12.2. The van der Waals surface area contributed by atoms with E-state index in [1.165, 1.54) is 12.3 Å². The molecule has 0 saturated heterocycles. The van der Waals surface area contributed by atoms with Crippen LogP contribution in [0.3, 0.4) is 0 Å². The lowest BCUT2D eigenvalue weighted by atomic mass is 10.2. The van der Waals surface area contributed by atoms with Gasteiger partial charge in [-0.3, -0.25) is 0 Å². The zero-order chi connectivity index (χ0) is 16.5. The molecule has 0 fully saturated rings. The Balaban J connectivity index is 1.78. The Morgan fingerprint density at radius 2 is 2.04 bits per heavy atom. The molecular formula is C16H15N3O4. The maximum atomic E-state index is 11.5. The average Bonchev–Trinajstić information content (AvgIpc) is 2.58. The van der Waals surface area contributed by atoms with Crippen molar-refractivity contribution in [1.82, 2.24) is 10.3 Å². The summed E-state index contributed by atoms with van der Waals surface area (Å²) in [5.74, 6) is -0.226. The fourth-order valence-electron chi connectivity index (χ4n) is 1.79. The van der Waals surface area contributed by atoms with Crippen LogP contribution in [0.15, 0.2) is 54.7 Å². The summed E-state index contributed by atoms with van der Waals surface area (Å²) in [6.07, 6.45) is 3.92. The van der Waals surface area contributed by atoms with Gasteiger partial charge in [-0.2, -0.15) is 0 Å². The molecule has 0 atom stereocenters. The number of hydrogen-bond acceptors (Lipinski definition) is 5. The Kier molecular flexibility index (Phi) is 5.81. The fraction of sp³-hybridized carbons (Fsp3) is 0.125. The number of rotatable bonds is 6. The monoisotopic (exact) mass is 313 g/mol. The summed E-state index contributed by atoms with van der Waals surface area (Å²) >= 11 is 0. The summed E-state index contributed by atoms with van der Waals surface area (Å²) in [5, 5.41) is 13.3. The molecule has 1 amide bonds. The number of aromatic nitrogens is 1. The molecule has 2 aromatic rings. The molecule has 2 rings (SSSR count). The molecule has 0 unspecified atom stereocenters. The fourth-order valence-corrected chi connectivity index (χ4v) is 1.79. The summed E-state index contributed by atoms with van der Waals surface area (Å²) in [7, 11) is 0. The molecule has 7 nitrogen and oxygen atoms in total. The minimum Gasteiger partial charge on any atom is -0.445 e. The first-order valence-electron chi connectivity index (χ1n) is 6.87. The molecule has 0 spiro atoms. The van der Waals surface area contributed by atoms with Crippen molar-refractivity contribution in [3.8, 4) is 0 Å². The van der Waals surface area contributed by atoms with Crippen molar-refractivity contribution < 1.29 is 14.5 Å². The molecule has 1 heterocycles. The van der Waals surface area contributed by atoms with Gasteiger partial charge in [0.05, 0.1) is 5.56 Å². The first-order chi connectivity index (χ1) is 11.2. The van der Waals surface area contributed by atoms with Crippen molar-refractivity contribution in [1.29, 1.82) is 0 Å². The van der Waals surface area contributed by atoms with Gasteiger partial charge < -0.3 is 20.2 Å². The quantitative estimate of drug-likeness (QED) is 0.653. The Labute approximate surface area is 132 Å². The van der Waals surface area contributed by atoms with E-state index in [1.807, 2.05) is 30.3 Å². The number of benzene rings is 1. The number of pyridine rings is 1. The molecule has 23 heavy (non-hydrogen) atoms. The second kappa shape index (κ2) is 8.28. The van der Waals surface area contributed by atoms with Gasteiger partial charge in [-0.15, -0.1) is 0 Å². The van der Waals surface area contributed by atoms with Crippen LogP contribution in [0.5, 0.6) is 0 Å². The third kappa shape index (κ3) is 5.24. The molecule has 0 aliphatic rings. The van der Waals surface area contributed by atoms with Gasteiger partial charge in [-0.05, 0) is 33.7 Å². The van der Waals surface area contributed by atoms with E-state index in [9.17, 15) is 14.9 Å². The third-order valence-electron chi connectivity index (χ3n) is 2.86. The predicted octanol–water partition coefficient (Wildman–Crippen LogP) is 2.93. The summed E-state index contributed by atoms with van der Waals surface area (Å²) < 4.78 is 5.04. The number of nitro groups is 1. The van der Waals surface area contributed by atoms with Gasteiger partial charge in [0, 0.05) is 6.54 Å². The Morgan fingerprint density at radius 3 is 2.78 bits per heavy atom. The summed E-state index contributed by atoms with van der Waals surface area (Å²) in [6.45, 7) is 0.379. The topological polar surface area (TPSA) is 94.4 Å². The first kappa shape index (κ1) is 16.2. The lowest BCUT2D eigenvalue weighted by molar-refractivity contribution is -0.389. The van der Waals surface area contributed by atoms with E-state index in [-0.39, 0.29) is 19.0 Å². The van der Waals surface area contributed by atoms with Gasteiger partial charge in [0.15, 0.2) is 0 Å². The molecule has 0 bridgehead atoms. The van der Waals surface area contributed by atoms with Crippen LogP contribution in [-0.2, 0) is 11.3 Å². The summed E-state index contributed by atoms with van der Waals surface area (Å²) in [6, 6.07) is 12.5. The van der Waals surface area contributed by atoms with Crippen LogP contribution < -0.4 is 5.32 Å². The highest BCUT2D eigenvalue weighted by atomic mass is 16.6. The Hall–Kier alpha value is -3.22. The van der Waals surface area contributed by atoms with Crippen LogP contribution in [0, 0.1) is 10.1 Å². The van der Waals surface area contributed by atoms with Crippen molar-refractivity contribution in [3.05, 3.63) is 76.0 Å². The van der Waals surface area contributed by atoms with Crippen molar-refractivity contribution in [2.75, 3.05) is 6.54 Å². The minimum absolute atomic E-state index is 0.185. The predicted molar refractivity (Wildman–Crippen MR) is 84.6 cm³/mol. The average molecular weight is 313 g/mol. The first-order valence-corrected chi connectivity index (χ1v) is 6.87. The van der Waals surface area contributed by atoms with E-state index in [0.717, 1.165) is 5.56 Å². The second-order valence-electron chi connectivity index (χ2n) is 4.52. The number of amides is 1. The van der Waals surface area contributed by atoms with Crippen LogP contribution in [-0.4, -0.2) is 22.5 Å². The molecular weight excluding hydrogens is 298 g/mol. The van der Waals surface area contributed by atoms with Crippen LogP contribution >= 0.6 is 0 Å². The smallest absolute Gasteiger partial charge is 0.407 e. The van der Waals surface area contributed by atoms with E-state index in [2.05, 4.69) is 10.3 Å². The number of carbonyl (C=O) groups excluding carboxylic acids is 1. The highest BCUT2D eigenvalue weighted by Crippen LogP contribution is 2.15. The SMILES string of the molecule is O=C(NCC=Cc1cccnc1[N+](=O)[O-])OCc1ccccc1. The molecule has 1 N–H and O–H groups in total. The largest absolute Gasteiger partial charge is 0.445 e. The maximum Gasteiger partial charge on any atom is 0.407 e. The number of nitrogens with one attached hydrogen (secondary N) is 1. The molecule has 0 radical (unpaired) electrons. The van der Waals surface area contributed by atoms with Gasteiger partial charge in [-0.1, -0.05) is 36.4 Å². The lowest BCUT2D eigenvalue weighted by Gasteiger charge is -2.05. The molecule has 1 aromatic carbocycles. The van der Waals surface area contributed by atoms with Crippen molar-refractivity contribution in [2.24, 2.45) is 0 Å². The van der Waals surface area contributed by atoms with Gasteiger partial charge in [0.1, 0.15) is 12.8 Å². The Bertz CT molecular complexity index is 701. The van der Waals surface area contributed by atoms with Gasteiger partial charge in [-0.25, -0.2) is 4.79 Å². The summed E-state index contributed by atoms with van der Waals surface area (Å²) in [4.78, 5) is 25.5. The van der Waals surface area contributed by atoms with Crippen LogP contribution in [0.1, 0.15) is 11.1 Å². The standard InChI is InChI=1S/C16H15N3O4/c20-16(23-12-13-6-2-1-3-7-13)18-11-5-9-14-8-4-10-17-15(14)19(21)22/h1-10H,11-12H2,(H,18,20). The summed E-state index contributed by atoms with van der Waals surface area (Å²) in [5.41, 5.74) is 1.26. The maximum absolute atomic E-state index is 11.5. The number of nitrogens with zero attached hydrogens (tertiary/aromatic N) is 2. The number of alkyl carbamates (subject to hydrolysis) is 1. The number of carbonyl (C=O) groups is 1. The minimum atomic E-state index is -0.556. The normalized spacial score (nSPS) is 10.4. The van der Waals surface area contributed by atoms with E-state index in [4.69, 9.17) is 4.74 Å². The van der Waals surface area contributed by atoms with Gasteiger partial charge in [0.2, 0.25) is 0 Å². The number of hydrogen-bond donors (Lipinski definition) is 1. The zero-order valence-electron chi connectivity index (χ0n) is 12.2. The third-order valence-corrected chi connectivity index (χ3v) is 2.86. The highest BCUT2D eigenvalue weighted by molar-refractivity contribution is 5.67. The second-order valence-corrected chi connectivity index (χ2v) is 4.52. The van der Waals surface area contributed by atoms with Crippen molar-refractivity contribution in [3.63, 3.8) is 0 Å². The van der Waals surface area contributed by atoms with Gasteiger partial charge in [0.25, 0.3) is 0 Å². The molecule has 0 aliphatic carbocycles. The molecule has 0 saturated carbocycles. The number of ether oxygens (including phenoxy) is 1. The van der Waals surface area contributed by atoms with Crippen LogP contribution in [0.2, 0.25) is 0 Å². The Morgan fingerprint density at radius 1 is 1.26 bits per heavy atom. The highest BCUT2D eigenvalue weighted by Gasteiger charge is 2.10. The van der Waals surface area contributed by atoms with E-state index >= 15 is 0 Å². The van der Waals surface area contributed by atoms with Crippen molar-refractivity contribution in [2.45, 2.75) is 6.61 Å². The molecule has 118 valence electrons. The van der Waals surface area contributed by atoms with E-state index < -0.39 is 11.0 Å². The van der Waals surface area contributed by atoms with Gasteiger partial charge >= 0.3 is 11.9 Å². The lowest BCUT2D eigenvalue weighted by Crippen LogP contribution is -2.24. The van der Waals surface area contributed by atoms with E-state index in [0.29, 0.717) is 5.56 Å². The van der Waals surface area contributed by atoms with Crippen LogP contribution in [0.4, 0.5) is 10.6 Å². The van der Waals surface area contributed by atoms with Crippen molar-refractivity contribution >= 4 is 18.0 Å². The van der Waals surface area contributed by atoms with Crippen LogP contribution in [0.25, 0.3) is 6.08 Å². The molecule has 0 aliphatic heterocycles. The van der Waals surface area contributed by atoms with E-state index in [1.54, 1.807) is 18.2 Å². The molecule has 7 heteroatoms. The molecule has 1 aromatic heterocycles.